The van der Waals surface area contributed by atoms with Crippen molar-refractivity contribution in [2.24, 2.45) is 0 Å². The average molecular weight is 356 g/mol. The fourth-order valence-electron chi connectivity index (χ4n) is 2.76. The molecule has 0 N–H and O–H groups in total. The summed E-state index contributed by atoms with van der Waals surface area (Å²) in [5.41, 5.74) is -0.0729. The van der Waals surface area contributed by atoms with Gasteiger partial charge in [-0.25, -0.2) is 18.9 Å². The van der Waals surface area contributed by atoms with E-state index in [9.17, 15) is 9.18 Å². The molecule has 0 bridgehead atoms. The van der Waals surface area contributed by atoms with Crippen molar-refractivity contribution in [1.29, 1.82) is 0 Å². The summed E-state index contributed by atoms with van der Waals surface area (Å²) in [4.78, 5) is 21.8. The van der Waals surface area contributed by atoms with Crippen molar-refractivity contribution in [3.8, 4) is 0 Å². The third kappa shape index (κ3) is 3.58. The van der Waals surface area contributed by atoms with Crippen LogP contribution in [0.25, 0.3) is 11.0 Å². The predicted octanol–water partition coefficient (Wildman–Crippen LogP) is 2.83. The Labute approximate surface area is 143 Å². The van der Waals surface area contributed by atoms with Crippen LogP contribution in [0, 0.1) is 0 Å². The zero-order valence-electron chi connectivity index (χ0n) is 13.7. The lowest BCUT2D eigenvalue weighted by molar-refractivity contribution is 0.0205. The van der Waals surface area contributed by atoms with Gasteiger partial charge in [0.05, 0.1) is 30.7 Å². The highest BCUT2D eigenvalue weighted by Gasteiger charge is 2.38. The molecule has 0 radical (unpaired) electrons. The Morgan fingerprint density at radius 1 is 1.46 bits per heavy atom. The average Bonchev–Trinajstić information content (AvgIpc) is 3.01. The third-order valence-corrected chi connectivity index (χ3v) is 3.90. The van der Waals surface area contributed by atoms with Crippen LogP contribution in [0.15, 0.2) is 12.4 Å². The van der Waals surface area contributed by atoms with E-state index in [0.29, 0.717) is 12.2 Å². The van der Waals surface area contributed by atoms with Crippen LogP contribution in [0.5, 0.6) is 0 Å². The van der Waals surface area contributed by atoms with Crippen molar-refractivity contribution < 1.29 is 13.9 Å². The molecule has 2 aromatic heterocycles. The number of carbonyl (C=O) groups is 1. The number of aromatic nitrogens is 4. The fourth-order valence-corrected chi connectivity index (χ4v) is 2.88. The molecule has 0 aromatic carbocycles. The Hall–Kier alpha value is -1.96. The molecule has 0 saturated carbocycles. The van der Waals surface area contributed by atoms with Crippen LogP contribution in [-0.2, 0) is 11.3 Å². The van der Waals surface area contributed by atoms with Gasteiger partial charge in [0.2, 0.25) is 5.28 Å². The Kier molecular flexibility index (Phi) is 4.33. The molecular weight excluding hydrogens is 337 g/mol. The summed E-state index contributed by atoms with van der Waals surface area (Å²) in [6, 6.07) is -0.355. The van der Waals surface area contributed by atoms with Gasteiger partial charge in [-0.05, 0) is 32.4 Å². The number of amides is 1. The lowest BCUT2D eigenvalue weighted by atomic mass is 10.2. The molecule has 2 atom stereocenters. The number of hydrogen-bond acceptors (Lipinski definition) is 5. The van der Waals surface area contributed by atoms with Crippen molar-refractivity contribution in [3.63, 3.8) is 0 Å². The summed E-state index contributed by atoms with van der Waals surface area (Å²) in [6.07, 6.45) is 1.83. The lowest BCUT2D eigenvalue weighted by Gasteiger charge is -2.28. The Bertz CT molecular complexity index is 760. The minimum absolute atomic E-state index is 0.0223. The first-order valence-electron chi connectivity index (χ1n) is 7.71. The molecule has 3 rings (SSSR count). The van der Waals surface area contributed by atoms with Crippen LogP contribution >= 0.6 is 11.6 Å². The molecule has 2 aromatic rings. The van der Waals surface area contributed by atoms with Crippen LogP contribution < -0.4 is 0 Å². The number of likely N-dealkylation sites (tertiary alicyclic amines) is 1. The number of rotatable bonds is 2. The smallest absolute Gasteiger partial charge is 0.410 e. The number of carbonyl (C=O) groups excluding carboxylic acids is 1. The minimum Gasteiger partial charge on any atom is -0.444 e. The fraction of sp³-hybridized carbons (Fsp3) is 0.600. The topological polar surface area (TPSA) is 73.1 Å². The second-order valence-electron chi connectivity index (χ2n) is 6.86. The summed E-state index contributed by atoms with van der Waals surface area (Å²) in [5, 5.41) is 5.10. The normalized spacial score (nSPS) is 21.5. The number of alkyl halides is 1. The van der Waals surface area contributed by atoms with E-state index in [1.54, 1.807) is 37.8 Å². The highest BCUT2D eigenvalue weighted by molar-refractivity contribution is 6.28. The SMILES string of the molecule is CC(C)(C)OC(=O)N1C[C@H](F)C[C@H]1Cn1ncc2cnc(Cl)nc21. The van der Waals surface area contributed by atoms with Crippen molar-refractivity contribution >= 4 is 28.7 Å². The van der Waals surface area contributed by atoms with Gasteiger partial charge < -0.3 is 9.64 Å². The summed E-state index contributed by atoms with van der Waals surface area (Å²) >= 11 is 5.83. The van der Waals surface area contributed by atoms with E-state index >= 15 is 0 Å². The number of hydrogen-bond donors (Lipinski definition) is 0. The highest BCUT2D eigenvalue weighted by Crippen LogP contribution is 2.25. The van der Waals surface area contributed by atoms with Crippen molar-refractivity contribution in [2.75, 3.05) is 6.54 Å². The monoisotopic (exact) mass is 355 g/mol. The van der Waals surface area contributed by atoms with E-state index in [-0.39, 0.29) is 24.3 Å². The van der Waals surface area contributed by atoms with Gasteiger partial charge in [-0.1, -0.05) is 0 Å². The van der Waals surface area contributed by atoms with Gasteiger partial charge in [0, 0.05) is 12.6 Å². The molecule has 1 fully saturated rings. The first kappa shape index (κ1) is 16.9. The van der Waals surface area contributed by atoms with E-state index in [1.807, 2.05) is 0 Å². The van der Waals surface area contributed by atoms with Crippen LogP contribution in [-0.4, -0.2) is 55.1 Å². The number of nitrogens with zero attached hydrogens (tertiary/aromatic N) is 5. The summed E-state index contributed by atoms with van der Waals surface area (Å²) in [5.74, 6) is 0. The quantitative estimate of drug-likeness (QED) is 0.774. The summed E-state index contributed by atoms with van der Waals surface area (Å²) in [7, 11) is 0. The first-order valence-corrected chi connectivity index (χ1v) is 8.08. The molecule has 130 valence electrons. The van der Waals surface area contributed by atoms with E-state index in [4.69, 9.17) is 16.3 Å². The minimum atomic E-state index is -1.08. The molecule has 0 spiro atoms. The van der Waals surface area contributed by atoms with Gasteiger partial charge in [-0.15, -0.1) is 0 Å². The maximum atomic E-state index is 13.9. The predicted molar refractivity (Wildman–Crippen MR) is 86.6 cm³/mol. The van der Waals surface area contributed by atoms with Gasteiger partial charge in [0.25, 0.3) is 0 Å². The molecule has 1 amide bonds. The Morgan fingerprint density at radius 3 is 2.92 bits per heavy atom. The summed E-state index contributed by atoms with van der Waals surface area (Å²) in [6.45, 7) is 5.68. The maximum absolute atomic E-state index is 13.9. The highest BCUT2D eigenvalue weighted by atomic mass is 35.5. The molecule has 3 heterocycles. The molecule has 1 saturated heterocycles. The number of ether oxygens (including phenoxy) is 1. The van der Waals surface area contributed by atoms with Crippen LogP contribution in [0.2, 0.25) is 5.28 Å². The van der Waals surface area contributed by atoms with Gasteiger partial charge in [-0.3, -0.25) is 0 Å². The second kappa shape index (κ2) is 6.16. The molecule has 24 heavy (non-hydrogen) atoms. The van der Waals surface area contributed by atoms with E-state index in [0.717, 1.165) is 5.39 Å². The van der Waals surface area contributed by atoms with Gasteiger partial charge in [0.15, 0.2) is 5.65 Å². The van der Waals surface area contributed by atoms with Gasteiger partial charge in [0.1, 0.15) is 11.8 Å². The lowest BCUT2D eigenvalue weighted by Crippen LogP contribution is -2.41. The first-order chi connectivity index (χ1) is 11.2. The van der Waals surface area contributed by atoms with Crippen LogP contribution in [0.4, 0.5) is 9.18 Å². The molecular formula is C15H19ClFN5O2. The van der Waals surface area contributed by atoms with E-state index in [1.165, 1.54) is 4.90 Å². The standard InChI is InChI=1S/C15H19ClFN5O2/c1-15(2,3)24-14(23)21-7-10(17)4-11(21)8-22-12-9(6-19-22)5-18-13(16)20-12/h5-6,10-11H,4,7-8H2,1-3H3/t10-,11+/m1/s1. The van der Waals surface area contributed by atoms with E-state index in [2.05, 4.69) is 15.1 Å². The third-order valence-electron chi connectivity index (χ3n) is 3.72. The second-order valence-corrected chi connectivity index (χ2v) is 7.20. The van der Waals surface area contributed by atoms with Crippen molar-refractivity contribution in [2.45, 2.75) is 51.6 Å². The number of halogens is 2. The van der Waals surface area contributed by atoms with Crippen LogP contribution in [0.1, 0.15) is 27.2 Å². The largest absolute Gasteiger partial charge is 0.444 e. The molecule has 7 nitrogen and oxygen atoms in total. The molecule has 9 heteroatoms. The van der Waals surface area contributed by atoms with Crippen molar-refractivity contribution in [3.05, 3.63) is 17.7 Å². The van der Waals surface area contributed by atoms with E-state index < -0.39 is 17.9 Å². The number of fused-ring (bicyclic) bond motifs is 1. The van der Waals surface area contributed by atoms with Gasteiger partial charge in [-0.2, -0.15) is 10.1 Å². The van der Waals surface area contributed by atoms with Crippen LogP contribution in [0.3, 0.4) is 0 Å². The zero-order chi connectivity index (χ0) is 17.5. The molecule has 1 aliphatic heterocycles. The van der Waals surface area contributed by atoms with Crippen molar-refractivity contribution in [1.82, 2.24) is 24.6 Å². The molecule has 0 aliphatic carbocycles. The molecule has 0 unspecified atom stereocenters. The Morgan fingerprint density at radius 2 is 2.21 bits per heavy atom. The molecule has 1 aliphatic rings. The Balaban J connectivity index is 1.81. The summed E-state index contributed by atoms with van der Waals surface area (Å²) < 4.78 is 20.9. The maximum Gasteiger partial charge on any atom is 0.410 e. The van der Waals surface area contributed by atoms with Gasteiger partial charge >= 0.3 is 6.09 Å². The zero-order valence-corrected chi connectivity index (χ0v) is 14.5.